The second-order valence-electron chi connectivity index (χ2n) is 7.03. The number of nitrogens with zero attached hydrogens (tertiary/aromatic N) is 3. The fourth-order valence-corrected chi connectivity index (χ4v) is 3.34. The van der Waals surface area contributed by atoms with Crippen LogP contribution in [0.5, 0.6) is 0 Å². The van der Waals surface area contributed by atoms with E-state index in [1.165, 1.54) is 0 Å². The summed E-state index contributed by atoms with van der Waals surface area (Å²) in [4.78, 5) is 14.9. The summed E-state index contributed by atoms with van der Waals surface area (Å²) in [5.41, 5.74) is 2.00. The van der Waals surface area contributed by atoms with Crippen molar-refractivity contribution >= 4 is 5.91 Å². The Labute approximate surface area is 148 Å². The molecule has 1 aliphatic heterocycles. The average molecular weight is 343 g/mol. The van der Waals surface area contributed by atoms with Crippen LogP contribution in [0.25, 0.3) is 5.69 Å². The molecule has 0 N–H and O–H groups in total. The highest BCUT2D eigenvalue weighted by molar-refractivity contribution is 5.95. The smallest absolute Gasteiger partial charge is 0.257 e. The minimum Gasteiger partial charge on any atom is -0.382 e. The van der Waals surface area contributed by atoms with E-state index in [1.807, 2.05) is 56.0 Å². The summed E-state index contributed by atoms with van der Waals surface area (Å²) < 4.78 is 13.0. The Hall–Kier alpha value is -2.18. The molecule has 2 aromatic rings. The normalized spacial score (nSPS) is 19.8. The molecule has 2 heterocycles. The third-order valence-electron chi connectivity index (χ3n) is 4.36. The number of methoxy groups -OCH3 is 1. The van der Waals surface area contributed by atoms with E-state index in [0.717, 1.165) is 11.4 Å². The molecule has 1 aromatic carbocycles. The minimum absolute atomic E-state index is 0.0165. The molecule has 1 amide bonds. The molecule has 1 aliphatic rings. The third-order valence-corrected chi connectivity index (χ3v) is 4.36. The molecule has 1 unspecified atom stereocenters. The van der Waals surface area contributed by atoms with Gasteiger partial charge in [-0.2, -0.15) is 5.10 Å². The fourth-order valence-electron chi connectivity index (χ4n) is 3.34. The lowest BCUT2D eigenvalue weighted by Crippen LogP contribution is -2.55. The highest BCUT2D eigenvalue weighted by Gasteiger charge is 2.36. The van der Waals surface area contributed by atoms with E-state index in [4.69, 9.17) is 9.47 Å². The maximum absolute atomic E-state index is 13.1. The summed E-state index contributed by atoms with van der Waals surface area (Å²) in [5.74, 6) is -0.0165. The molecule has 1 fully saturated rings. The van der Waals surface area contributed by atoms with Crippen molar-refractivity contribution in [2.24, 2.45) is 0 Å². The Morgan fingerprint density at radius 3 is 2.76 bits per heavy atom. The summed E-state index contributed by atoms with van der Waals surface area (Å²) in [5, 5.41) is 4.41. The van der Waals surface area contributed by atoms with Gasteiger partial charge in [0.2, 0.25) is 0 Å². The van der Waals surface area contributed by atoms with Gasteiger partial charge in [0.25, 0.3) is 5.91 Å². The lowest BCUT2D eigenvalue weighted by molar-refractivity contribution is -0.143. The number of carbonyl (C=O) groups excluding carboxylic acids is 1. The largest absolute Gasteiger partial charge is 0.382 e. The van der Waals surface area contributed by atoms with Crippen molar-refractivity contribution in [1.82, 2.24) is 14.7 Å². The Balaban J connectivity index is 1.84. The summed E-state index contributed by atoms with van der Waals surface area (Å²) in [6.07, 6.45) is 1.53. The van der Waals surface area contributed by atoms with Gasteiger partial charge in [-0.05, 0) is 32.9 Å². The first-order valence-electron chi connectivity index (χ1n) is 8.47. The van der Waals surface area contributed by atoms with E-state index in [0.29, 0.717) is 25.3 Å². The van der Waals surface area contributed by atoms with Crippen LogP contribution in [0.3, 0.4) is 0 Å². The van der Waals surface area contributed by atoms with Crippen molar-refractivity contribution in [2.75, 3.05) is 26.8 Å². The zero-order valence-electron chi connectivity index (χ0n) is 15.2. The number of carbonyl (C=O) groups is 1. The molecular weight excluding hydrogens is 318 g/mol. The van der Waals surface area contributed by atoms with Gasteiger partial charge < -0.3 is 14.4 Å². The summed E-state index contributed by atoms with van der Waals surface area (Å²) in [6.45, 7) is 7.44. The van der Waals surface area contributed by atoms with Crippen LogP contribution in [-0.2, 0) is 9.47 Å². The van der Waals surface area contributed by atoms with Gasteiger partial charge >= 0.3 is 0 Å². The van der Waals surface area contributed by atoms with Crippen LogP contribution in [0.2, 0.25) is 0 Å². The Kier molecular flexibility index (Phi) is 4.92. The maximum atomic E-state index is 13.1. The first kappa shape index (κ1) is 17.6. The van der Waals surface area contributed by atoms with Crippen molar-refractivity contribution < 1.29 is 14.3 Å². The van der Waals surface area contributed by atoms with Crippen molar-refractivity contribution in [3.05, 3.63) is 47.8 Å². The number of morpholine rings is 1. The topological polar surface area (TPSA) is 56.6 Å². The van der Waals surface area contributed by atoms with Gasteiger partial charge in [0.1, 0.15) is 0 Å². The quantitative estimate of drug-likeness (QED) is 0.856. The average Bonchev–Trinajstić information content (AvgIpc) is 2.95. The molecule has 0 aliphatic carbocycles. The van der Waals surface area contributed by atoms with E-state index in [-0.39, 0.29) is 12.0 Å². The molecule has 3 rings (SSSR count). The molecule has 0 bridgehead atoms. The zero-order chi connectivity index (χ0) is 18.0. The van der Waals surface area contributed by atoms with Gasteiger partial charge in [0.15, 0.2) is 0 Å². The number of ether oxygens (including phenoxy) is 2. The Morgan fingerprint density at radius 2 is 2.08 bits per heavy atom. The Bertz CT molecular complexity index is 740. The van der Waals surface area contributed by atoms with Crippen molar-refractivity contribution in [1.29, 1.82) is 0 Å². The fraction of sp³-hybridized carbons (Fsp3) is 0.474. The number of hydrogen-bond acceptors (Lipinski definition) is 4. The van der Waals surface area contributed by atoms with Crippen molar-refractivity contribution in [2.45, 2.75) is 32.5 Å². The minimum atomic E-state index is -0.402. The van der Waals surface area contributed by atoms with Gasteiger partial charge in [-0.15, -0.1) is 0 Å². The maximum Gasteiger partial charge on any atom is 0.257 e. The van der Waals surface area contributed by atoms with Gasteiger partial charge in [-0.25, -0.2) is 4.68 Å². The summed E-state index contributed by atoms with van der Waals surface area (Å²) >= 11 is 0. The molecular formula is C19H25N3O3. The first-order chi connectivity index (χ1) is 11.9. The monoisotopic (exact) mass is 343 g/mol. The number of hydrogen-bond donors (Lipinski definition) is 0. The van der Waals surface area contributed by atoms with E-state index >= 15 is 0 Å². The highest BCUT2D eigenvalue weighted by Crippen LogP contribution is 2.24. The predicted octanol–water partition coefficient (Wildman–Crippen LogP) is 2.45. The van der Waals surface area contributed by atoms with E-state index in [1.54, 1.807) is 18.0 Å². The van der Waals surface area contributed by atoms with Crippen LogP contribution < -0.4 is 0 Å². The van der Waals surface area contributed by atoms with Crippen molar-refractivity contribution in [3.63, 3.8) is 0 Å². The number of rotatable bonds is 4. The second kappa shape index (κ2) is 6.98. The summed E-state index contributed by atoms with van der Waals surface area (Å²) in [7, 11) is 1.64. The van der Waals surface area contributed by atoms with Crippen molar-refractivity contribution in [3.8, 4) is 5.69 Å². The highest BCUT2D eigenvalue weighted by atomic mass is 16.5. The van der Waals surface area contributed by atoms with Gasteiger partial charge in [-0.3, -0.25) is 4.79 Å². The van der Waals surface area contributed by atoms with E-state index < -0.39 is 5.60 Å². The third kappa shape index (κ3) is 3.75. The summed E-state index contributed by atoms with van der Waals surface area (Å²) in [6, 6.07) is 9.82. The Morgan fingerprint density at radius 1 is 1.36 bits per heavy atom. The molecule has 1 atom stereocenters. The van der Waals surface area contributed by atoms with Gasteiger partial charge in [-0.1, -0.05) is 18.2 Å². The molecule has 25 heavy (non-hydrogen) atoms. The molecule has 134 valence electrons. The van der Waals surface area contributed by atoms with E-state index in [9.17, 15) is 4.79 Å². The lowest BCUT2D eigenvalue weighted by atomic mass is 10.0. The van der Waals surface area contributed by atoms with Crippen LogP contribution in [-0.4, -0.2) is 59.1 Å². The second-order valence-corrected chi connectivity index (χ2v) is 7.03. The number of para-hydroxylation sites is 1. The van der Waals surface area contributed by atoms with Crippen LogP contribution in [0.4, 0.5) is 0 Å². The molecule has 0 radical (unpaired) electrons. The first-order valence-corrected chi connectivity index (χ1v) is 8.47. The number of amides is 1. The van der Waals surface area contributed by atoms with Gasteiger partial charge in [0, 0.05) is 20.2 Å². The standard InChI is InChI=1S/C19H25N3O3/c1-14-17(10-20-22(14)15-8-6-5-7-9-15)18(23)21-11-16(12-24-4)25-19(2,3)13-21/h5-10,16H,11-13H2,1-4H3. The van der Waals surface area contributed by atoms with Crippen LogP contribution in [0.1, 0.15) is 29.9 Å². The number of aromatic nitrogens is 2. The SMILES string of the molecule is COCC1CN(C(=O)c2cnn(-c3ccccc3)c2C)CC(C)(C)O1. The van der Waals surface area contributed by atoms with Gasteiger partial charge in [0.05, 0.1) is 41.5 Å². The van der Waals surface area contributed by atoms with Crippen LogP contribution >= 0.6 is 0 Å². The molecule has 0 saturated carbocycles. The zero-order valence-corrected chi connectivity index (χ0v) is 15.2. The molecule has 1 saturated heterocycles. The van der Waals surface area contributed by atoms with E-state index in [2.05, 4.69) is 5.10 Å². The molecule has 1 aromatic heterocycles. The lowest BCUT2D eigenvalue weighted by Gasteiger charge is -2.42. The van der Waals surface area contributed by atoms with Crippen LogP contribution in [0.15, 0.2) is 36.5 Å². The molecule has 6 nitrogen and oxygen atoms in total. The molecule has 0 spiro atoms. The number of benzene rings is 1. The molecule has 6 heteroatoms. The van der Waals surface area contributed by atoms with Crippen LogP contribution in [0, 0.1) is 6.92 Å². The predicted molar refractivity (Wildman–Crippen MR) is 95.0 cm³/mol.